The van der Waals surface area contributed by atoms with E-state index in [1.807, 2.05) is 4.90 Å². The van der Waals surface area contributed by atoms with E-state index in [1.54, 1.807) is 19.4 Å². The van der Waals surface area contributed by atoms with E-state index in [0.29, 0.717) is 49.3 Å². The summed E-state index contributed by atoms with van der Waals surface area (Å²) in [5.41, 5.74) is 6.09. The van der Waals surface area contributed by atoms with Crippen LogP contribution >= 0.6 is 0 Å². The van der Waals surface area contributed by atoms with E-state index in [-0.39, 0.29) is 11.4 Å². The standard InChI is InChI=1S/C15H17N5O4/c1-23-13-9-17-14(18-15(13)19-4-6-24-7-5-19)10-2-3-11(16)12(8-10)20(21)22/h2-3,8-9H,4-7,16H2,1H3. The van der Waals surface area contributed by atoms with Crippen LogP contribution in [0.1, 0.15) is 0 Å². The van der Waals surface area contributed by atoms with E-state index in [2.05, 4.69) is 9.97 Å². The Kier molecular flexibility index (Phi) is 4.43. The molecule has 1 aliphatic rings. The molecule has 0 atom stereocenters. The third-order valence-electron chi connectivity index (χ3n) is 3.75. The average Bonchev–Trinajstić information content (AvgIpc) is 2.62. The van der Waals surface area contributed by atoms with Crippen molar-refractivity contribution in [3.05, 3.63) is 34.5 Å². The number of benzene rings is 1. The van der Waals surface area contributed by atoms with Crippen molar-refractivity contribution < 1.29 is 14.4 Å². The Bertz CT molecular complexity index is 762. The van der Waals surface area contributed by atoms with E-state index in [9.17, 15) is 10.1 Å². The molecule has 0 bridgehead atoms. The number of nitrogen functional groups attached to an aromatic ring is 1. The van der Waals surface area contributed by atoms with E-state index in [0.717, 1.165) is 0 Å². The molecule has 1 aromatic heterocycles. The van der Waals surface area contributed by atoms with E-state index < -0.39 is 4.92 Å². The fourth-order valence-corrected chi connectivity index (χ4v) is 2.49. The van der Waals surface area contributed by atoms with Crippen LogP contribution in [0.3, 0.4) is 0 Å². The summed E-state index contributed by atoms with van der Waals surface area (Å²) in [6, 6.07) is 4.52. The number of hydrogen-bond acceptors (Lipinski definition) is 8. The minimum Gasteiger partial charge on any atom is -0.491 e. The van der Waals surface area contributed by atoms with Crippen molar-refractivity contribution in [2.75, 3.05) is 44.0 Å². The first-order chi connectivity index (χ1) is 11.6. The Balaban J connectivity index is 2.02. The molecule has 9 nitrogen and oxygen atoms in total. The summed E-state index contributed by atoms with van der Waals surface area (Å²) >= 11 is 0. The number of anilines is 2. The molecule has 2 aromatic rings. The number of nitrogens with zero attached hydrogens (tertiary/aromatic N) is 4. The highest BCUT2D eigenvalue weighted by Crippen LogP contribution is 2.31. The monoisotopic (exact) mass is 331 g/mol. The van der Waals surface area contributed by atoms with Crippen LogP contribution in [0, 0.1) is 10.1 Å². The van der Waals surface area contributed by atoms with Gasteiger partial charge in [0, 0.05) is 24.7 Å². The second-order valence-electron chi connectivity index (χ2n) is 5.22. The van der Waals surface area contributed by atoms with Gasteiger partial charge in [0.1, 0.15) is 5.69 Å². The largest absolute Gasteiger partial charge is 0.491 e. The number of morpholine rings is 1. The lowest BCUT2D eigenvalue weighted by Gasteiger charge is -2.28. The Morgan fingerprint density at radius 3 is 2.79 bits per heavy atom. The van der Waals surface area contributed by atoms with Crippen LogP contribution in [0.15, 0.2) is 24.4 Å². The van der Waals surface area contributed by atoms with Crippen LogP contribution in [0.2, 0.25) is 0 Å². The maximum atomic E-state index is 11.1. The molecule has 126 valence electrons. The molecule has 1 saturated heterocycles. The van der Waals surface area contributed by atoms with Crippen molar-refractivity contribution >= 4 is 17.2 Å². The van der Waals surface area contributed by atoms with Crippen molar-refractivity contribution in [3.63, 3.8) is 0 Å². The van der Waals surface area contributed by atoms with Crippen molar-refractivity contribution in [3.8, 4) is 17.1 Å². The Labute approximate surface area is 138 Å². The van der Waals surface area contributed by atoms with Crippen LogP contribution in [0.25, 0.3) is 11.4 Å². The number of nitrogens with two attached hydrogens (primary N) is 1. The fraction of sp³-hybridized carbons (Fsp3) is 0.333. The summed E-state index contributed by atoms with van der Waals surface area (Å²) in [5, 5.41) is 11.1. The van der Waals surface area contributed by atoms with Gasteiger partial charge in [-0.05, 0) is 12.1 Å². The molecule has 0 spiro atoms. The molecule has 0 radical (unpaired) electrons. The fourth-order valence-electron chi connectivity index (χ4n) is 2.49. The van der Waals surface area contributed by atoms with Gasteiger partial charge in [0.25, 0.3) is 5.69 Å². The predicted molar refractivity (Wildman–Crippen MR) is 88.1 cm³/mol. The highest BCUT2D eigenvalue weighted by Gasteiger charge is 2.20. The van der Waals surface area contributed by atoms with Crippen LogP contribution in [0.5, 0.6) is 5.75 Å². The summed E-state index contributed by atoms with van der Waals surface area (Å²) in [6.45, 7) is 2.59. The zero-order chi connectivity index (χ0) is 17.1. The third-order valence-corrected chi connectivity index (χ3v) is 3.75. The summed E-state index contributed by atoms with van der Waals surface area (Å²) < 4.78 is 10.7. The van der Waals surface area contributed by atoms with Gasteiger partial charge in [0.2, 0.25) is 0 Å². The molecule has 1 aliphatic heterocycles. The number of nitro benzene ring substituents is 1. The lowest BCUT2D eigenvalue weighted by atomic mass is 10.1. The SMILES string of the molecule is COc1cnc(-c2ccc(N)c([N+](=O)[O-])c2)nc1N1CCOCC1. The van der Waals surface area contributed by atoms with Gasteiger partial charge >= 0.3 is 0 Å². The molecule has 1 aromatic carbocycles. The summed E-state index contributed by atoms with van der Waals surface area (Å²) in [7, 11) is 1.55. The third kappa shape index (κ3) is 3.06. The molecule has 9 heteroatoms. The van der Waals surface area contributed by atoms with Gasteiger partial charge in [-0.1, -0.05) is 0 Å². The van der Waals surface area contributed by atoms with E-state index in [4.69, 9.17) is 15.2 Å². The van der Waals surface area contributed by atoms with E-state index in [1.165, 1.54) is 12.1 Å². The van der Waals surface area contributed by atoms with Crippen molar-refractivity contribution in [1.82, 2.24) is 9.97 Å². The van der Waals surface area contributed by atoms with Crippen molar-refractivity contribution in [2.45, 2.75) is 0 Å². The first-order valence-corrected chi connectivity index (χ1v) is 7.38. The quantitative estimate of drug-likeness (QED) is 0.508. The number of hydrogen-bond donors (Lipinski definition) is 1. The number of methoxy groups -OCH3 is 1. The highest BCUT2D eigenvalue weighted by atomic mass is 16.6. The van der Waals surface area contributed by atoms with Gasteiger partial charge in [0.15, 0.2) is 17.4 Å². The smallest absolute Gasteiger partial charge is 0.292 e. The first-order valence-electron chi connectivity index (χ1n) is 7.38. The van der Waals surface area contributed by atoms with Crippen LogP contribution in [-0.2, 0) is 4.74 Å². The van der Waals surface area contributed by atoms with Crippen molar-refractivity contribution in [1.29, 1.82) is 0 Å². The predicted octanol–water partition coefficient (Wildman–Crippen LogP) is 1.48. The highest BCUT2D eigenvalue weighted by molar-refractivity contribution is 5.70. The van der Waals surface area contributed by atoms with Gasteiger partial charge in [0.05, 0.1) is 31.4 Å². The van der Waals surface area contributed by atoms with Crippen LogP contribution in [0.4, 0.5) is 17.2 Å². The van der Waals surface area contributed by atoms with E-state index >= 15 is 0 Å². The lowest BCUT2D eigenvalue weighted by molar-refractivity contribution is -0.383. The second kappa shape index (κ2) is 6.67. The average molecular weight is 331 g/mol. The Morgan fingerprint density at radius 1 is 1.38 bits per heavy atom. The minimum absolute atomic E-state index is 0.102. The van der Waals surface area contributed by atoms with Crippen LogP contribution < -0.4 is 15.4 Å². The molecule has 3 rings (SSSR count). The topological polar surface area (TPSA) is 117 Å². The molecule has 0 saturated carbocycles. The Morgan fingerprint density at radius 2 is 2.12 bits per heavy atom. The molecule has 24 heavy (non-hydrogen) atoms. The number of rotatable bonds is 4. The summed E-state index contributed by atoms with van der Waals surface area (Å²) in [6.07, 6.45) is 1.56. The van der Waals surface area contributed by atoms with Crippen molar-refractivity contribution in [2.24, 2.45) is 0 Å². The maximum Gasteiger partial charge on any atom is 0.292 e. The molecule has 2 heterocycles. The molecule has 0 unspecified atom stereocenters. The molecule has 2 N–H and O–H groups in total. The minimum atomic E-state index is -0.523. The summed E-state index contributed by atoms with van der Waals surface area (Å²) in [5.74, 6) is 1.57. The number of aromatic nitrogens is 2. The van der Waals surface area contributed by atoms with Gasteiger partial charge in [-0.15, -0.1) is 0 Å². The maximum absolute atomic E-state index is 11.1. The first kappa shape index (κ1) is 15.9. The summed E-state index contributed by atoms with van der Waals surface area (Å²) in [4.78, 5) is 21.4. The number of ether oxygens (including phenoxy) is 2. The molecule has 0 amide bonds. The zero-order valence-corrected chi connectivity index (χ0v) is 13.1. The van der Waals surface area contributed by atoms with Gasteiger partial charge in [-0.3, -0.25) is 10.1 Å². The molecular weight excluding hydrogens is 314 g/mol. The lowest BCUT2D eigenvalue weighted by Crippen LogP contribution is -2.37. The zero-order valence-electron chi connectivity index (χ0n) is 13.1. The Hall–Kier alpha value is -2.94. The van der Waals surface area contributed by atoms with Gasteiger partial charge < -0.3 is 20.1 Å². The number of nitro groups is 1. The van der Waals surface area contributed by atoms with Gasteiger partial charge in [-0.25, -0.2) is 9.97 Å². The molecule has 0 aliphatic carbocycles. The van der Waals surface area contributed by atoms with Gasteiger partial charge in [-0.2, -0.15) is 0 Å². The normalized spacial score (nSPS) is 14.5. The second-order valence-corrected chi connectivity index (χ2v) is 5.22. The van der Waals surface area contributed by atoms with Crippen LogP contribution in [-0.4, -0.2) is 48.3 Å². The molecule has 1 fully saturated rings. The molecular formula is C15H17N5O4.